The number of esters is 1. The van der Waals surface area contributed by atoms with E-state index >= 15 is 0 Å². The number of carbonyl (C=O) groups excluding carboxylic acids is 1. The van der Waals surface area contributed by atoms with Crippen LogP contribution >= 0.6 is 24.0 Å². The van der Waals surface area contributed by atoms with Crippen molar-refractivity contribution in [3.05, 3.63) is 12.2 Å². The third-order valence-electron chi connectivity index (χ3n) is 1.83. The summed E-state index contributed by atoms with van der Waals surface area (Å²) in [5, 5.41) is 0.0462. The molecule has 0 amide bonds. The van der Waals surface area contributed by atoms with Gasteiger partial charge in [0.25, 0.3) is 0 Å². The molecule has 5 heteroatoms. The summed E-state index contributed by atoms with van der Waals surface area (Å²) in [6.07, 6.45) is 0. The third-order valence-corrected chi connectivity index (χ3v) is 3.66. The van der Waals surface area contributed by atoms with Crippen molar-refractivity contribution in [1.82, 2.24) is 4.90 Å². The Morgan fingerprint density at radius 2 is 2.46 bits per heavy atom. The number of hydrogen-bond donors (Lipinski definition) is 0. The number of rotatable bonds is 2. The molecule has 0 N–H and O–H groups in total. The van der Waals surface area contributed by atoms with Crippen molar-refractivity contribution in [2.75, 3.05) is 20.7 Å². The summed E-state index contributed by atoms with van der Waals surface area (Å²) in [4.78, 5) is 13.0. The van der Waals surface area contributed by atoms with Crippen LogP contribution in [0.5, 0.6) is 0 Å². The van der Waals surface area contributed by atoms with Crippen molar-refractivity contribution in [2.24, 2.45) is 0 Å². The first kappa shape index (κ1) is 10.5. The Labute approximate surface area is 87.1 Å². The number of thioether (sulfide) groups is 1. The van der Waals surface area contributed by atoms with Gasteiger partial charge in [-0.25, -0.2) is 4.79 Å². The molecule has 1 unspecified atom stereocenters. The van der Waals surface area contributed by atoms with Crippen LogP contribution < -0.4 is 0 Å². The number of nitrogens with zero attached hydrogens (tertiary/aromatic N) is 1. The van der Waals surface area contributed by atoms with Crippen molar-refractivity contribution in [3.8, 4) is 0 Å². The van der Waals surface area contributed by atoms with E-state index in [1.807, 2.05) is 11.9 Å². The highest BCUT2D eigenvalue weighted by molar-refractivity contribution is 8.23. The van der Waals surface area contributed by atoms with Gasteiger partial charge in [0.15, 0.2) is 0 Å². The first-order valence-corrected chi connectivity index (χ1v) is 5.04. The van der Waals surface area contributed by atoms with Crippen LogP contribution in [-0.4, -0.2) is 41.1 Å². The summed E-state index contributed by atoms with van der Waals surface area (Å²) in [5.41, 5.74) is 0.485. The molecular weight excluding hydrogens is 206 g/mol. The number of carbonyl (C=O) groups is 1. The summed E-state index contributed by atoms with van der Waals surface area (Å²) in [5.74, 6) is -0.351. The second kappa shape index (κ2) is 4.11. The van der Waals surface area contributed by atoms with Crippen molar-refractivity contribution >= 4 is 34.3 Å². The maximum Gasteiger partial charge on any atom is 0.334 e. The average molecular weight is 217 g/mol. The molecule has 0 radical (unpaired) electrons. The van der Waals surface area contributed by atoms with Crippen molar-refractivity contribution < 1.29 is 9.53 Å². The maximum atomic E-state index is 11.1. The third kappa shape index (κ3) is 2.22. The van der Waals surface area contributed by atoms with E-state index in [1.54, 1.807) is 0 Å². The number of hydrogen-bond acceptors (Lipinski definition) is 4. The van der Waals surface area contributed by atoms with Crippen LogP contribution in [-0.2, 0) is 9.53 Å². The summed E-state index contributed by atoms with van der Waals surface area (Å²) in [6.45, 7) is 4.43. The molecule has 1 aliphatic heterocycles. The summed E-state index contributed by atoms with van der Waals surface area (Å²) in [7, 11) is 3.26. The molecule has 1 rings (SSSR count). The minimum Gasteiger partial charge on any atom is -0.466 e. The molecule has 1 heterocycles. The lowest BCUT2D eigenvalue weighted by Gasteiger charge is -2.10. The van der Waals surface area contributed by atoms with Gasteiger partial charge in [-0.05, 0) is 0 Å². The number of ether oxygens (including phenoxy) is 1. The van der Waals surface area contributed by atoms with Crippen LogP contribution in [0.2, 0.25) is 0 Å². The molecule has 1 fully saturated rings. The molecule has 0 aromatic heterocycles. The van der Waals surface area contributed by atoms with E-state index < -0.39 is 0 Å². The minimum atomic E-state index is -0.351. The topological polar surface area (TPSA) is 29.5 Å². The van der Waals surface area contributed by atoms with Crippen LogP contribution in [0.4, 0.5) is 0 Å². The molecule has 0 spiro atoms. The quantitative estimate of drug-likeness (QED) is 0.392. The molecule has 72 valence electrons. The minimum absolute atomic E-state index is 0.0462. The van der Waals surface area contributed by atoms with E-state index in [9.17, 15) is 4.79 Å². The lowest BCUT2D eigenvalue weighted by molar-refractivity contribution is -0.136. The van der Waals surface area contributed by atoms with Gasteiger partial charge in [-0.15, -0.1) is 0 Å². The van der Waals surface area contributed by atoms with Crippen LogP contribution in [0.15, 0.2) is 12.2 Å². The van der Waals surface area contributed by atoms with Gasteiger partial charge in [0.05, 0.1) is 12.4 Å². The Bertz CT molecular complexity index is 265. The lowest BCUT2D eigenvalue weighted by atomic mass is 10.2. The zero-order chi connectivity index (χ0) is 10.0. The van der Waals surface area contributed by atoms with E-state index in [0.717, 1.165) is 10.9 Å². The SMILES string of the molecule is C=C(C(=O)OC)C1CN(C)C(=S)S1. The fourth-order valence-electron chi connectivity index (χ4n) is 1.02. The fraction of sp³-hybridized carbons (Fsp3) is 0.500. The standard InChI is InChI=1S/C8H11NO2S2/c1-5(7(10)11-3)6-4-9(2)8(12)13-6/h6H,1,4H2,2-3H3. The monoisotopic (exact) mass is 217 g/mol. The lowest BCUT2D eigenvalue weighted by Crippen LogP contribution is -2.22. The van der Waals surface area contributed by atoms with Crippen molar-refractivity contribution in [2.45, 2.75) is 5.25 Å². The molecule has 1 atom stereocenters. The van der Waals surface area contributed by atoms with Crippen LogP contribution in [0.3, 0.4) is 0 Å². The van der Waals surface area contributed by atoms with Crippen LogP contribution in [0.1, 0.15) is 0 Å². The number of thiocarbonyl (C=S) groups is 1. The zero-order valence-electron chi connectivity index (χ0n) is 7.57. The predicted octanol–water partition coefficient (Wildman–Crippen LogP) is 1.05. The van der Waals surface area contributed by atoms with Crippen molar-refractivity contribution in [1.29, 1.82) is 0 Å². The van der Waals surface area contributed by atoms with Gasteiger partial charge >= 0.3 is 5.97 Å². The van der Waals surface area contributed by atoms with Gasteiger partial charge in [-0.3, -0.25) is 0 Å². The Morgan fingerprint density at radius 3 is 2.85 bits per heavy atom. The highest BCUT2D eigenvalue weighted by Crippen LogP contribution is 2.29. The number of methoxy groups -OCH3 is 1. The first-order valence-electron chi connectivity index (χ1n) is 3.75. The fourth-order valence-corrected chi connectivity index (χ4v) is 2.47. The smallest absolute Gasteiger partial charge is 0.334 e. The molecule has 13 heavy (non-hydrogen) atoms. The highest BCUT2D eigenvalue weighted by Gasteiger charge is 2.30. The summed E-state index contributed by atoms with van der Waals surface area (Å²) >= 11 is 6.54. The van der Waals surface area contributed by atoms with E-state index in [4.69, 9.17) is 12.2 Å². The zero-order valence-corrected chi connectivity index (χ0v) is 9.20. The summed E-state index contributed by atoms with van der Waals surface area (Å²) < 4.78 is 5.38. The molecule has 0 aromatic rings. The van der Waals surface area contributed by atoms with Crippen LogP contribution in [0.25, 0.3) is 0 Å². The van der Waals surface area contributed by atoms with E-state index in [-0.39, 0.29) is 11.2 Å². The molecular formula is C8H11NO2S2. The van der Waals surface area contributed by atoms with Crippen molar-refractivity contribution in [3.63, 3.8) is 0 Å². The first-order chi connectivity index (χ1) is 6.06. The molecule has 0 bridgehead atoms. The Balaban J connectivity index is 2.61. The van der Waals surface area contributed by atoms with Gasteiger partial charge in [-0.2, -0.15) is 0 Å². The van der Waals surface area contributed by atoms with Crippen LogP contribution in [0, 0.1) is 0 Å². The summed E-state index contributed by atoms with van der Waals surface area (Å²) in [6, 6.07) is 0. The predicted molar refractivity (Wildman–Crippen MR) is 57.8 cm³/mol. The van der Waals surface area contributed by atoms with E-state index in [1.165, 1.54) is 18.9 Å². The Kier molecular flexibility index (Phi) is 3.33. The second-order valence-electron chi connectivity index (χ2n) is 2.77. The average Bonchev–Trinajstić information content (AvgIpc) is 2.44. The Morgan fingerprint density at radius 1 is 1.85 bits per heavy atom. The van der Waals surface area contributed by atoms with E-state index in [0.29, 0.717) is 5.57 Å². The van der Waals surface area contributed by atoms with Gasteiger partial charge in [0.2, 0.25) is 0 Å². The van der Waals surface area contributed by atoms with E-state index in [2.05, 4.69) is 11.3 Å². The molecule has 1 aliphatic rings. The second-order valence-corrected chi connectivity index (χ2v) is 4.61. The molecule has 0 aromatic carbocycles. The van der Waals surface area contributed by atoms with Gasteiger partial charge < -0.3 is 9.64 Å². The largest absolute Gasteiger partial charge is 0.466 e. The molecule has 1 saturated heterocycles. The Hall–Kier alpha value is -0.550. The molecule has 3 nitrogen and oxygen atoms in total. The molecule has 0 aliphatic carbocycles. The highest BCUT2D eigenvalue weighted by atomic mass is 32.2. The molecule has 0 saturated carbocycles. The normalized spacial score (nSPS) is 21.8. The van der Waals surface area contributed by atoms with Gasteiger partial charge in [-0.1, -0.05) is 30.6 Å². The maximum absolute atomic E-state index is 11.1. The van der Waals surface area contributed by atoms with Gasteiger partial charge in [0.1, 0.15) is 4.32 Å². The van der Waals surface area contributed by atoms with Gasteiger partial charge in [0, 0.05) is 19.2 Å².